The second-order valence-electron chi connectivity index (χ2n) is 6.55. The fraction of sp³-hybridized carbons (Fsp3) is 0.368. The summed E-state index contributed by atoms with van der Waals surface area (Å²) in [6, 6.07) is 6.11. The molecule has 1 aromatic heterocycles. The molecule has 130 valence electrons. The number of rotatable bonds is 3. The van der Waals surface area contributed by atoms with E-state index in [1.807, 2.05) is 12.1 Å². The number of anilines is 2. The summed E-state index contributed by atoms with van der Waals surface area (Å²) < 4.78 is 0. The summed E-state index contributed by atoms with van der Waals surface area (Å²) in [7, 11) is 0. The highest BCUT2D eigenvalue weighted by atomic mass is 32.1. The first kappa shape index (κ1) is 16.3. The number of fused-ring (bicyclic) bond motifs is 2. The van der Waals surface area contributed by atoms with E-state index in [-0.39, 0.29) is 5.91 Å². The molecule has 0 spiro atoms. The first-order valence-electron chi connectivity index (χ1n) is 8.74. The average molecular weight is 354 g/mol. The van der Waals surface area contributed by atoms with Gasteiger partial charge < -0.3 is 11.1 Å². The molecule has 3 heterocycles. The van der Waals surface area contributed by atoms with Crippen LogP contribution in [-0.4, -0.2) is 35.4 Å². The van der Waals surface area contributed by atoms with Crippen LogP contribution in [0.1, 0.15) is 28.1 Å². The van der Waals surface area contributed by atoms with Gasteiger partial charge >= 0.3 is 0 Å². The molecule has 25 heavy (non-hydrogen) atoms. The molecular weight excluding hydrogens is 332 g/mol. The summed E-state index contributed by atoms with van der Waals surface area (Å²) >= 11 is 1.63. The van der Waals surface area contributed by atoms with E-state index in [4.69, 9.17) is 5.73 Å². The second kappa shape index (κ2) is 6.98. The van der Waals surface area contributed by atoms with E-state index in [2.05, 4.69) is 33.4 Å². The second-order valence-corrected chi connectivity index (χ2v) is 7.66. The van der Waals surface area contributed by atoms with E-state index in [1.165, 1.54) is 21.7 Å². The van der Waals surface area contributed by atoms with E-state index in [0.29, 0.717) is 11.6 Å². The summed E-state index contributed by atoms with van der Waals surface area (Å²) in [6.07, 6.45) is 7.82. The maximum atomic E-state index is 11.5. The normalized spacial score (nSPS) is 17.8. The van der Waals surface area contributed by atoms with E-state index in [9.17, 15) is 4.79 Å². The van der Waals surface area contributed by atoms with Crippen molar-refractivity contribution in [2.75, 3.05) is 30.7 Å². The topological polar surface area (TPSA) is 71.2 Å². The van der Waals surface area contributed by atoms with Crippen molar-refractivity contribution in [2.45, 2.75) is 25.7 Å². The van der Waals surface area contributed by atoms with Crippen LogP contribution in [0.15, 0.2) is 24.3 Å². The van der Waals surface area contributed by atoms with E-state index in [0.717, 1.165) is 44.6 Å². The Morgan fingerprint density at radius 2 is 2.12 bits per heavy atom. The molecule has 1 aromatic carbocycles. The minimum absolute atomic E-state index is 0.111. The van der Waals surface area contributed by atoms with Crippen molar-refractivity contribution in [3.8, 4) is 0 Å². The smallest absolute Gasteiger partial charge is 0.224 e. The molecule has 1 amide bonds. The number of nitrogens with zero attached hydrogens (tertiary/aromatic N) is 2. The van der Waals surface area contributed by atoms with Gasteiger partial charge in [-0.05, 0) is 30.0 Å². The predicted molar refractivity (Wildman–Crippen MR) is 103 cm³/mol. The first-order valence-corrected chi connectivity index (χ1v) is 9.55. The van der Waals surface area contributed by atoms with Crippen molar-refractivity contribution in [3.63, 3.8) is 0 Å². The number of nitrogens with two attached hydrogens (primary N) is 1. The fourth-order valence-corrected chi connectivity index (χ4v) is 4.42. The van der Waals surface area contributed by atoms with Gasteiger partial charge in [0.05, 0.1) is 5.69 Å². The molecule has 0 saturated carbocycles. The van der Waals surface area contributed by atoms with Crippen LogP contribution in [0, 0.1) is 0 Å². The fourth-order valence-electron chi connectivity index (χ4n) is 3.55. The Kier molecular flexibility index (Phi) is 4.55. The Labute approximate surface area is 151 Å². The lowest BCUT2D eigenvalue weighted by Gasteiger charge is -2.19. The van der Waals surface area contributed by atoms with Gasteiger partial charge in [0.25, 0.3) is 0 Å². The van der Waals surface area contributed by atoms with Gasteiger partial charge in [-0.2, -0.15) is 0 Å². The molecule has 0 bridgehead atoms. The number of amides is 1. The number of aromatic nitrogens is 1. The Balaban J connectivity index is 1.40. The summed E-state index contributed by atoms with van der Waals surface area (Å²) in [5, 5.41) is 3.65. The first-order chi connectivity index (χ1) is 12.2. The zero-order valence-corrected chi connectivity index (χ0v) is 14.9. The van der Waals surface area contributed by atoms with Gasteiger partial charge in [-0.15, -0.1) is 11.3 Å². The van der Waals surface area contributed by atoms with Crippen LogP contribution in [0.25, 0.3) is 6.08 Å². The van der Waals surface area contributed by atoms with Gasteiger partial charge in [0.2, 0.25) is 5.91 Å². The number of hydrogen-bond acceptors (Lipinski definition) is 5. The van der Waals surface area contributed by atoms with E-state index >= 15 is 0 Å². The van der Waals surface area contributed by atoms with Gasteiger partial charge in [-0.25, -0.2) is 4.98 Å². The number of thiazole rings is 1. The van der Waals surface area contributed by atoms with Crippen LogP contribution in [0.3, 0.4) is 0 Å². The highest BCUT2D eigenvalue weighted by Crippen LogP contribution is 2.27. The maximum Gasteiger partial charge on any atom is 0.224 e. The molecule has 6 heteroatoms. The molecule has 2 aromatic rings. The molecule has 2 aliphatic heterocycles. The zero-order valence-electron chi connectivity index (χ0n) is 14.1. The van der Waals surface area contributed by atoms with Crippen molar-refractivity contribution in [1.29, 1.82) is 0 Å². The average Bonchev–Trinajstić information content (AvgIpc) is 2.86. The molecule has 0 aliphatic carbocycles. The van der Waals surface area contributed by atoms with E-state index in [1.54, 1.807) is 11.3 Å². The third kappa shape index (κ3) is 3.60. The van der Waals surface area contributed by atoms with Crippen molar-refractivity contribution < 1.29 is 4.79 Å². The van der Waals surface area contributed by atoms with Crippen molar-refractivity contribution in [1.82, 2.24) is 9.88 Å². The van der Waals surface area contributed by atoms with Crippen molar-refractivity contribution in [3.05, 3.63) is 46.0 Å². The largest absolute Gasteiger partial charge is 0.375 e. The zero-order chi connectivity index (χ0) is 17.2. The SMILES string of the molecule is Nc1nc2c(s1)CCN(CC=Cc1cccc3c1CCC(=O)N3)CC2. The Hall–Kier alpha value is -2.18. The molecule has 2 aliphatic rings. The Bertz CT molecular complexity index is 801. The van der Waals surface area contributed by atoms with Crippen LogP contribution >= 0.6 is 11.3 Å². The van der Waals surface area contributed by atoms with Gasteiger partial charge in [-0.3, -0.25) is 9.69 Å². The number of hydrogen-bond donors (Lipinski definition) is 2. The van der Waals surface area contributed by atoms with Gasteiger partial charge in [-0.1, -0.05) is 24.3 Å². The standard InChI is InChI=1S/C19H22N4OS/c20-19-22-16-8-11-23(12-9-17(16)25-19)10-2-4-13-3-1-5-15-14(13)6-7-18(24)21-15/h1-5H,6-12H2,(H2,20,22)(H,21,24). The molecule has 0 fully saturated rings. The molecular formula is C19H22N4OS. The number of nitrogen functional groups attached to an aromatic ring is 1. The van der Waals surface area contributed by atoms with Crippen molar-refractivity contribution in [2.24, 2.45) is 0 Å². The van der Waals surface area contributed by atoms with Gasteiger partial charge in [0.1, 0.15) is 0 Å². The van der Waals surface area contributed by atoms with Crippen LogP contribution in [0.2, 0.25) is 0 Å². The van der Waals surface area contributed by atoms with Crippen LogP contribution < -0.4 is 11.1 Å². The Morgan fingerprint density at radius 3 is 3.04 bits per heavy atom. The summed E-state index contributed by atoms with van der Waals surface area (Å²) in [5.41, 5.74) is 10.4. The highest BCUT2D eigenvalue weighted by Gasteiger charge is 2.18. The van der Waals surface area contributed by atoms with Crippen LogP contribution in [0.5, 0.6) is 0 Å². The quantitative estimate of drug-likeness (QED) is 0.889. The monoisotopic (exact) mass is 354 g/mol. The predicted octanol–water partition coefficient (Wildman–Crippen LogP) is 2.72. The molecule has 4 rings (SSSR count). The van der Waals surface area contributed by atoms with E-state index < -0.39 is 0 Å². The highest BCUT2D eigenvalue weighted by molar-refractivity contribution is 7.15. The number of benzene rings is 1. The Morgan fingerprint density at radius 1 is 1.24 bits per heavy atom. The van der Waals surface area contributed by atoms with Gasteiger partial charge in [0.15, 0.2) is 5.13 Å². The van der Waals surface area contributed by atoms with Crippen molar-refractivity contribution >= 4 is 34.1 Å². The van der Waals surface area contributed by atoms with Gasteiger partial charge in [0, 0.05) is 43.0 Å². The third-order valence-corrected chi connectivity index (χ3v) is 5.85. The number of carbonyl (C=O) groups excluding carboxylic acids is 1. The summed E-state index contributed by atoms with van der Waals surface area (Å²) in [5.74, 6) is 0.111. The maximum absolute atomic E-state index is 11.5. The molecule has 0 saturated heterocycles. The molecule has 0 atom stereocenters. The summed E-state index contributed by atoms with van der Waals surface area (Å²) in [4.78, 5) is 19.8. The minimum atomic E-state index is 0.111. The third-order valence-electron chi connectivity index (χ3n) is 4.86. The minimum Gasteiger partial charge on any atom is -0.375 e. The molecule has 5 nitrogen and oxygen atoms in total. The molecule has 3 N–H and O–H groups in total. The lowest BCUT2D eigenvalue weighted by atomic mass is 9.97. The van der Waals surface area contributed by atoms with Crippen LogP contribution in [-0.2, 0) is 24.1 Å². The number of nitrogens with one attached hydrogen (secondary N) is 1. The molecule has 0 radical (unpaired) electrons. The summed E-state index contributed by atoms with van der Waals surface area (Å²) in [6.45, 7) is 2.99. The number of carbonyl (C=O) groups is 1. The lowest BCUT2D eigenvalue weighted by molar-refractivity contribution is -0.116. The molecule has 0 unspecified atom stereocenters. The lowest BCUT2D eigenvalue weighted by Crippen LogP contribution is -2.26. The van der Waals surface area contributed by atoms with Crippen LogP contribution in [0.4, 0.5) is 10.8 Å².